The second kappa shape index (κ2) is 5.35. The highest BCUT2D eigenvalue weighted by Gasteiger charge is 2.11. The van der Waals surface area contributed by atoms with Crippen molar-refractivity contribution in [2.75, 3.05) is 18.5 Å². The molecule has 0 atom stereocenters. The Morgan fingerprint density at radius 3 is 2.41 bits per heavy atom. The van der Waals surface area contributed by atoms with Crippen LogP contribution in [0.2, 0.25) is 0 Å². The fraction of sp³-hybridized carbons (Fsp3) is 0.467. The van der Waals surface area contributed by atoms with Crippen molar-refractivity contribution >= 4 is 5.69 Å². The van der Waals surface area contributed by atoms with Gasteiger partial charge in [0.15, 0.2) is 0 Å². The Hall–Kier alpha value is -1.31. The van der Waals surface area contributed by atoms with E-state index in [4.69, 9.17) is 0 Å². The number of halogens is 1. The van der Waals surface area contributed by atoms with Gasteiger partial charge in [-0.05, 0) is 56.9 Å². The molecule has 2 rings (SSSR count). The maximum atomic E-state index is 12.8. The third-order valence-electron chi connectivity index (χ3n) is 3.58. The molecule has 0 unspecified atom stereocenters. The van der Waals surface area contributed by atoms with Crippen LogP contribution in [0.25, 0.3) is 0 Å². The number of hydrogen-bond acceptors (Lipinski definition) is 1. The summed E-state index contributed by atoms with van der Waals surface area (Å²) in [5.74, 6) is -0.171. The summed E-state index contributed by atoms with van der Waals surface area (Å²) in [5.41, 5.74) is 4.19. The van der Waals surface area contributed by atoms with E-state index in [0.29, 0.717) is 0 Å². The van der Waals surface area contributed by atoms with Gasteiger partial charge in [0.25, 0.3) is 0 Å². The smallest absolute Gasteiger partial charge is 0.123 e. The molecular weight excluding hydrogens is 213 g/mol. The van der Waals surface area contributed by atoms with Gasteiger partial charge in [-0.15, -0.1) is 0 Å². The summed E-state index contributed by atoms with van der Waals surface area (Å²) in [6.07, 6.45) is 5.10. The molecule has 0 spiro atoms. The summed E-state index contributed by atoms with van der Waals surface area (Å²) in [5, 5.41) is 0. The van der Waals surface area contributed by atoms with Crippen molar-refractivity contribution in [2.24, 2.45) is 0 Å². The average molecular weight is 233 g/mol. The molecule has 1 aliphatic rings. The standard InChI is InChI=1S/C15H20FN/c1-12-5-3-4-6-13(12)11-17(2)15-9-7-14(16)8-10-15/h7-10H,3-6,11H2,1-2H3. The Kier molecular flexibility index (Phi) is 3.82. The number of allylic oxidation sites excluding steroid dienone is 1. The molecule has 0 bridgehead atoms. The van der Waals surface area contributed by atoms with E-state index in [1.165, 1.54) is 37.8 Å². The molecule has 0 saturated carbocycles. The molecule has 0 saturated heterocycles. The lowest BCUT2D eigenvalue weighted by Crippen LogP contribution is -2.21. The Balaban J connectivity index is 2.06. The number of benzene rings is 1. The van der Waals surface area contributed by atoms with Crippen LogP contribution in [0.15, 0.2) is 35.4 Å². The van der Waals surface area contributed by atoms with E-state index in [-0.39, 0.29) is 5.82 Å². The van der Waals surface area contributed by atoms with Gasteiger partial charge in [0.1, 0.15) is 5.82 Å². The van der Waals surface area contributed by atoms with Crippen molar-refractivity contribution in [2.45, 2.75) is 32.6 Å². The maximum Gasteiger partial charge on any atom is 0.123 e. The molecule has 17 heavy (non-hydrogen) atoms. The number of hydrogen-bond donors (Lipinski definition) is 0. The fourth-order valence-electron chi connectivity index (χ4n) is 2.41. The van der Waals surface area contributed by atoms with Crippen LogP contribution in [-0.2, 0) is 0 Å². The summed E-state index contributed by atoms with van der Waals surface area (Å²) >= 11 is 0. The molecule has 0 N–H and O–H groups in total. The van der Waals surface area contributed by atoms with Gasteiger partial charge in [0.2, 0.25) is 0 Å². The fourth-order valence-corrected chi connectivity index (χ4v) is 2.41. The normalized spacial score (nSPS) is 16.2. The van der Waals surface area contributed by atoms with Gasteiger partial charge in [0.05, 0.1) is 0 Å². The van der Waals surface area contributed by atoms with E-state index < -0.39 is 0 Å². The third kappa shape index (κ3) is 3.09. The maximum absolute atomic E-state index is 12.8. The topological polar surface area (TPSA) is 3.24 Å². The molecule has 0 radical (unpaired) electrons. The Morgan fingerprint density at radius 2 is 1.76 bits per heavy atom. The zero-order valence-electron chi connectivity index (χ0n) is 10.7. The van der Waals surface area contributed by atoms with Crippen LogP contribution in [0.3, 0.4) is 0 Å². The van der Waals surface area contributed by atoms with Gasteiger partial charge in [-0.25, -0.2) is 4.39 Å². The highest BCUT2D eigenvalue weighted by atomic mass is 19.1. The predicted molar refractivity (Wildman–Crippen MR) is 70.8 cm³/mol. The number of nitrogens with zero attached hydrogens (tertiary/aromatic N) is 1. The van der Waals surface area contributed by atoms with Crippen molar-refractivity contribution in [3.05, 3.63) is 41.2 Å². The van der Waals surface area contributed by atoms with Crippen LogP contribution in [0.4, 0.5) is 10.1 Å². The molecule has 0 amide bonds. The Bertz CT molecular complexity index is 405. The highest BCUT2D eigenvalue weighted by Crippen LogP contribution is 2.26. The van der Waals surface area contributed by atoms with Gasteiger partial charge >= 0.3 is 0 Å². The highest BCUT2D eigenvalue weighted by molar-refractivity contribution is 5.47. The molecule has 1 aliphatic carbocycles. The van der Waals surface area contributed by atoms with Gasteiger partial charge < -0.3 is 4.90 Å². The quantitative estimate of drug-likeness (QED) is 0.709. The van der Waals surface area contributed by atoms with Crippen LogP contribution >= 0.6 is 0 Å². The Morgan fingerprint density at radius 1 is 1.12 bits per heavy atom. The summed E-state index contributed by atoms with van der Waals surface area (Å²) in [7, 11) is 2.07. The molecule has 0 heterocycles. The first-order valence-corrected chi connectivity index (χ1v) is 6.31. The van der Waals surface area contributed by atoms with Gasteiger partial charge in [-0.1, -0.05) is 11.1 Å². The molecule has 0 aromatic heterocycles. The van der Waals surface area contributed by atoms with Crippen LogP contribution in [0, 0.1) is 5.82 Å². The van der Waals surface area contributed by atoms with E-state index in [9.17, 15) is 4.39 Å². The van der Waals surface area contributed by atoms with E-state index in [0.717, 1.165) is 12.2 Å². The second-order valence-corrected chi connectivity index (χ2v) is 4.92. The molecule has 1 aromatic carbocycles. The van der Waals surface area contributed by atoms with Gasteiger partial charge in [0, 0.05) is 19.3 Å². The first-order valence-electron chi connectivity index (χ1n) is 6.31. The van der Waals surface area contributed by atoms with Crippen molar-refractivity contribution in [3.8, 4) is 0 Å². The van der Waals surface area contributed by atoms with E-state index in [2.05, 4.69) is 18.9 Å². The first kappa shape index (κ1) is 12.2. The summed E-state index contributed by atoms with van der Waals surface area (Å²) in [6.45, 7) is 3.21. The molecule has 92 valence electrons. The minimum absolute atomic E-state index is 0.171. The summed E-state index contributed by atoms with van der Waals surface area (Å²) < 4.78 is 12.8. The van der Waals surface area contributed by atoms with E-state index >= 15 is 0 Å². The minimum Gasteiger partial charge on any atom is -0.371 e. The monoisotopic (exact) mass is 233 g/mol. The number of rotatable bonds is 3. The van der Waals surface area contributed by atoms with Crippen LogP contribution in [-0.4, -0.2) is 13.6 Å². The lowest BCUT2D eigenvalue weighted by Gasteiger charge is -2.25. The Labute approximate surface area is 103 Å². The average Bonchev–Trinajstić information content (AvgIpc) is 2.33. The van der Waals surface area contributed by atoms with E-state index in [1.807, 2.05) is 12.1 Å². The van der Waals surface area contributed by atoms with Crippen molar-refractivity contribution in [3.63, 3.8) is 0 Å². The summed E-state index contributed by atoms with van der Waals surface area (Å²) in [4.78, 5) is 2.20. The van der Waals surface area contributed by atoms with Crippen LogP contribution in [0.1, 0.15) is 32.6 Å². The first-order chi connectivity index (χ1) is 8.16. The summed E-state index contributed by atoms with van der Waals surface area (Å²) in [6, 6.07) is 6.73. The lowest BCUT2D eigenvalue weighted by molar-refractivity contribution is 0.627. The largest absolute Gasteiger partial charge is 0.371 e. The molecule has 0 aliphatic heterocycles. The second-order valence-electron chi connectivity index (χ2n) is 4.92. The number of likely N-dealkylation sites (N-methyl/N-ethyl adjacent to an activating group) is 1. The predicted octanol–water partition coefficient (Wildman–Crippen LogP) is 4.15. The van der Waals surface area contributed by atoms with Crippen molar-refractivity contribution < 1.29 is 4.39 Å². The molecule has 1 aromatic rings. The molecule has 0 fully saturated rings. The van der Waals surface area contributed by atoms with E-state index in [1.54, 1.807) is 11.1 Å². The van der Waals surface area contributed by atoms with Crippen molar-refractivity contribution in [1.82, 2.24) is 0 Å². The number of anilines is 1. The van der Waals surface area contributed by atoms with Gasteiger partial charge in [-0.3, -0.25) is 0 Å². The molecular formula is C15H20FN. The third-order valence-corrected chi connectivity index (χ3v) is 3.58. The van der Waals surface area contributed by atoms with Gasteiger partial charge in [-0.2, -0.15) is 0 Å². The minimum atomic E-state index is -0.171. The van der Waals surface area contributed by atoms with Crippen LogP contribution in [0.5, 0.6) is 0 Å². The van der Waals surface area contributed by atoms with Crippen molar-refractivity contribution in [1.29, 1.82) is 0 Å². The zero-order chi connectivity index (χ0) is 12.3. The SMILES string of the molecule is CC1=C(CN(C)c2ccc(F)cc2)CCCC1. The lowest BCUT2D eigenvalue weighted by atomic mass is 9.92. The molecule has 1 nitrogen and oxygen atoms in total. The van der Waals surface area contributed by atoms with Crippen LogP contribution < -0.4 is 4.90 Å². The zero-order valence-corrected chi connectivity index (χ0v) is 10.7. The molecule has 2 heteroatoms.